The average Bonchev–Trinajstić information content (AvgIpc) is 1.94. The molecule has 2 N–H and O–H groups in total. The van der Waals surface area contributed by atoms with Crippen LogP contribution in [0, 0.1) is 5.41 Å². The number of nitrogens with two attached hydrogens (primary N) is 1. The lowest BCUT2D eigenvalue weighted by Gasteiger charge is -2.18. The van der Waals surface area contributed by atoms with Crippen LogP contribution in [0.1, 0.15) is 26.3 Å². The van der Waals surface area contributed by atoms with Crippen LogP contribution in [0.5, 0.6) is 0 Å². The van der Waals surface area contributed by atoms with Gasteiger partial charge in [0.15, 0.2) is 0 Å². The molecule has 0 radical (unpaired) electrons. The number of anilines is 1. The summed E-state index contributed by atoms with van der Waals surface area (Å²) in [5.74, 6) is 0. The molecule has 0 saturated heterocycles. The molecule has 1 aromatic rings. The second kappa shape index (κ2) is 3.70. The van der Waals surface area contributed by atoms with E-state index in [0.717, 1.165) is 16.6 Å². The van der Waals surface area contributed by atoms with Crippen LogP contribution in [0.2, 0.25) is 0 Å². The van der Waals surface area contributed by atoms with Gasteiger partial charge in [-0.2, -0.15) is 0 Å². The average molecular weight is 242 g/mol. The Morgan fingerprint density at radius 1 is 1.31 bits per heavy atom. The maximum absolute atomic E-state index is 5.79. The summed E-state index contributed by atoms with van der Waals surface area (Å²) in [6.45, 7) is 6.68. The number of rotatable bonds is 1. The molecule has 0 aliphatic heterocycles. The van der Waals surface area contributed by atoms with E-state index in [1.165, 1.54) is 5.56 Å². The van der Waals surface area contributed by atoms with Crippen LogP contribution < -0.4 is 5.73 Å². The zero-order valence-corrected chi connectivity index (χ0v) is 9.98. The quantitative estimate of drug-likeness (QED) is 0.748. The van der Waals surface area contributed by atoms with E-state index in [9.17, 15) is 0 Å². The van der Waals surface area contributed by atoms with E-state index < -0.39 is 0 Å². The van der Waals surface area contributed by atoms with Crippen molar-refractivity contribution in [1.29, 1.82) is 0 Å². The van der Waals surface area contributed by atoms with Crippen LogP contribution >= 0.6 is 15.9 Å². The molecule has 1 rings (SSSR count). The monoisotopic (exact) mass is 241 g/mol. The van der Waals surface area contributed by atoms with Crippen molar-refractivity contribution in [3.63, 3.8) is 0 Å². The second-order valence-corrected chi connectivity index (χ2v) is 5.45. The molecule has 0 spiro atoms. The third kappa shape index (κ3) is 3.39. The number of halogens is 1. The van der Waals surface area contributed by atoms with Crippen molar-refractivity contribution in [2.45, 2.75) is 27.2 Å². The van der Waals surface area contributed by atoms with E-state index in [-0.39, 0.29) is 0 Å². The Kier molecular flexibility index (Phi) is 3.01. The predicted octanol–water partition coefficient (Wildman–Crippen LogP) is 3.62. The Hall–Kier alpha value is -0.500. The summed E-state index contributed by atoms with van der Waals surface area (Å²) in [5, 5.41) is 0. The van der Waals surface area contributed by atoms with Gasteiger partial charge in [-0.15, -0.1) is 0 Å². The molecule has 72 valence electrons. The van der Waals surface area contributed by atoms with Gasteiger partial charge in [0, 0.05) is 10.2 Å². The summed E-state index contributed by atoms with van der Waals surface area (Å²) in [5.41, 5.74) is 8.23. The molecule has 0 aromatic heterocycles. The van der Waals surface area contributed by atoms with Gasteiger partial charge in [-0.25, -0.2) is 0 Å². The normalized spacial score (nSPS) is 11.7. The van der Waals surface area contributed by atoms with Gasteiger partial charge >= 0.3 is 0 Å². The van der Waals surface area contributed by atoms with Gasteiger partial charge in [-0.1, -0.05) is 26.8 Å². The molecule has 0 bridgehead atoms. The molecule has 0 amide bonds. The van der Waals surface area contributed by atoms with Gasteiger partial charge in [0.05, 0.1) is 0 Å². The summed E-state index contributed by atoms with van der Waals surface area (Å²) >= 11 is 3.38. The molecule has 0 unspecified atom stereocenters. The van der Waals surface area contributed by atoms with E-state index in [1.807, 2.05) is 12.1 Å². The highest BCUT2D eigenvalue weighted by atomic mass is 79.9. The topological polar surface area (TPSA) is 26.0 Å². The SMILES string of the molecule is CC(C)(C)Cc1ccc(Br)c(N)c1. The first kappa shape index (κ1) is 10.6. The van der Waals surface area contributed by atoms with Crippen LogP contribution in [0.15, 0.2) is 22.7 Å². The summed E-state index contributed by atoms with van der Waals surface area (Å²) in [7, 11) is 0. The summed E-state index contributed by atoms with van der Waals surface area (Å²) in [6, 6.07) is 6.16. The highest BCUT2D eigenvalue weighted by Gasteiger charge is 2.11. The van der Waals surface area contributed by atoms with E-state index in [1.54, 1.807) is 0 Å². The largest absolute Gasteiger partial charge is 0.398 e. The van der Waals surface area contributed by atoms with Crippen LogP contribution in [-0.4, -0.2) is 0 Å². The molecule has 0 fully saturated rings. The van der Waals surface area contributed by atoms with Crippen molar-refractivity contribution >= 4 is 21.6 Å². The van der Waals surface area contributed by atoms with Crippen LogP contribution in [0.3, 0.4) is 0 Å². The molecule has 0 heterocycles. The molecule has 2 heteroatoms. The molecule has 1 nitrogen and oxygen atoms in total. The lowest BCUT2D eigenvalue weighted by Crippen LogP contribution is -2.09. The smallest absolute Gasteiger partial charge is 0.0461 e. The summed E-state index contributed by atoms with van der Waals surface area (Å²) in [6.07, 6.45) is 1.06. The minimum Gasteiger partial charge on any atom is -0.398 e. The molecule has 13 heavy (non-hydrogen) atoms. The Morgan fingerprint density at radius 2 is 1.92 bits per heavy atom. The molecule has 0 aliphatic rings. The lowest BCUT2D eigenvalue weighted by molar-refractivity contribution is 0.411. The number of hydrogen-bond acceptors (Lipinski definition) is 1. The highest BCUT2D eigenvalue weighted by molar-refractivity contribution is 9.10. The van der Waals surface area contributed by atoms with Crippen LogP contribution in [0.25, 0.3) is 0 Å². The van der Waals surface area contributed by atoms with E-state index in [0.29, 0.717) is 5.41 Å². The van der Waals surface area contributed by atoms with Gasteiger partial charge in [0.1, 0.15) is 0 Å². The Morgan fingerprint density at radius 3 is 2.38 bits per heavy atom. The van der Waals surface area contributed by atoms with Crippen LogP contribution in [-0.2, 0) is 6.42 Å². The van der Waals surface area contributed by atoms with Crippen LogP contribution in [0.4, 0.5) is 5.69 Å². The van der Waals surface area contributed by atoms with Crippen molar-refractivity contribution in [1.82, 2.24) is 0 Å². The standard InChI is InChI=1S/C11H16BrN/c1-11(2,3)7-8-4-5-9(12)10(13)6-8/h4-6H,7,13H2,1-3H3. The Bertz CT molecular complexity index is 299. The highest BCUT2D eigenvalue weighted by Crippen LogP contribution is 2.25. The fourth-order valence-electron chi connectivity index (χ4n) is 1.32. The first-order valence-corrected chi connectivity index (χ1v) is 5.22. The molecule has 0 aliphatic carbocycles. The molecule has 0 atom stereocenters. The van der Waals surface area contributed by atoms with Gasteiger partial charge in [-0.05, 0) is 45.5 Å². The van der Waals surface area contributed by atoms with Crippen molar-refractivity contribution < 1.29 is 0 Å². The fraction of sp³-hybridized carbons (Fsp3) is 0.455. The summed E-state index contributed by atoms with van der Waals surface area (Å²) in [4.78, 5) is 0. The van der Waals surface area contributed by atoms with Gasteiger partial charge in [-0.3, -0.25) is 0 Å². The zero-order valence-electron chi connectivity index (χ0n) is 8.39. The third-order valence-electron chi connectivity index (χ3n) is 1.79. The first-order valence-electron chi connectivity index (χ1n) is 4.42. The van der Waals surface area contributed by atoms with Gasteiger partial charge in [0.25, 0.3) is 0 Å². The molecular weight excluding hydrogens is 226 g/mol. The number of hydrogen-bond donors (Lipinski definition) is 1. The first-order chi connectivity index (χ1) is 5.88. The number of benzene rings is 1. The molecule has 1 aromatic carbocycles. The Labute approximate surface area is 88.5 Å². The van der Waals surface area contributed by atoms with Crippen molar-refractivity contribution in [3.05, 3.63) is 28.2 Å². The lowest BCUT2D eigenvalue weighted by atomic mass is 9.88. The van der Waals surface area contributed by atoms with Crippen molar-refractivity contribution in [2.75, 3.05) is 5.73 Å². The summed E-state index contributed by atoms with van der Waals surface area (Å²) < 4.78 is 0.977. The zero-order chi connectivity index (χ0) is 10.1. The van der Waals surface area contributed by atoms with Gasteiger partial charge in [0.2, 0.25) is 0 Å². The minimum atomic E-state index is 0.320. The predicted molar refractivity (Wildman–Crippen MR) is 61.7 cm³/mol. The van der Waals surface area contributed by atoms with Crippen molar-refractivity contribution in [2.24, 2.45) is 5.41 Å². The van der Waals surface area contributed by atoms with Crippen molar-refractivity contribution in [3.8, 4) is 0 Å². The number of nitrogen functional groups attached to an aromatic ring is 1. The van der Waals surface area contributed by atoms with Gasteiger partial charge < -0.3 is 5.73 Å². The minimum absolute atomic E-state index is 0.320. The van der Waals surface area contributed by atoms with E-state index >= 15 is 0 Å². The van der Waals surface area contributed by atoms with E-state index in [4.69, 9.17) is 5.73 Å². The molecular formula is C11H16BrN. The molecule has 0 saturated carbocycles. The Balaban J connectivity index is 2.86. The fourth-order valence-corrected chi connectivity index (χ4v) is 1.56. The maximum atomic E-state index is 5.79. The van der Waals surface area contributed by atoms with E-state index in [2.05, 4.69) is 42.8 Å². The maximum Gasteiger partial charge on any atom is 0.0461 e. The second-order valence-electron chi connectivity index (χ2n) is 4.59. The third-order valence-corrected chi connectivity index (χ3v) is 2.52.